The van der Waals surface area contributed by atoms with E-state index < -0.39 is 0 Å². The molecule has 134 valence electrons. The molecule has 3 nitrogen and oxygen atoms in total. The minimum atomic E-state index is 1.11. The van der Waals surface area contributed by atoms with Crippen molar-refractivity contribution in [2.45, 2.75) is 6.42 Å². The lowest BCUT2D eigenvalue weighted by molar-refractivity contribution is 1.11. The lowest BCUT2D eigenvalue weighted by Crippen LogP contribution is -1.90. The van der Waals surface area contributed by atoms with E-state index in [1.165, 1.54) is 39.5 Å². The van der Waals surface area contributed by atoms with Gasteiger partial charge in [-0.25, -0.2) is 0 Å². The van der Waals surface area contributed by atoms with Crippen LogP contribution in [0.2, 0.25) is 0 Å². The van der Waals surface area contributed by atoms with Gasteiger partial charge in [0, 0.05) is 35.7 Å². The van der Waals surface area contributed by atoms with Crippen LogP contribution < -0.4 is 5.32 Å². The van der Waals surface area contributed by atoms with Crippen LogP contribution in [-0.4, -0.2) is 16.5 Å². The molecule has 5 aromatic rings. The van der Waals surface area contributed by atoms with Crippen LogP contribution in [0.15, 0.2) is 97.3 Å². The predicted octanol–water partition coefficient (Wildman–Crippen LogP) is 5.99. The summed E-state index contributed by atoms with van der Waals surface area (Å²) in [5.41, 5.74) is 5.19. The van der Waals surface area contributed by atoms with Crippen molar-refractivity contribution in [3.63, 3.8) is 0 Å². The lowest BCUT2D eigenvalue weighted by Gasteiger charge is -1.94. The van der Waals surface area contributed by atoms with E-state index in [1.54, 1.807) is 0 Å². The molecule has 3 heteroatoms. The Kier molecular flexibility index (Phi) is 5.21. The highest BCUT2D eigenvalue weighted by Crippen LogP contribution is 2.20. The first-order valence-electron chi connectivity index (χ1n) is 9.26. The molecule has 0 saturated carbocycles. The summed E-state index contributed by atoms with van der Waals surface area (Å²) in [6.45, 7) is 1.11. The van der Waals surface area contributed by atoms with Crippen molar-refractivity contribution >= 4 is 27.5 Å². The number of aromatic amines is 2. The number of hydrogen-bond donors (Lipinski definition) is 3. The molecule has 6 rings (SSSR count). The second-order valence-corrected chi connectivity index (χ2v) is 6.46. The molecule has 27 heavy (non-hydrogen) atoms. The Labute approximate surface area is 159 Å². The van der Waals surface area contributed by atoms with E-state index in [2.05, 4.69) is 75.9 Å². The Bertz CT molecular complexity index is 971. The zero-order valence-electron chi connectivity index (χ0n) is 15.2. The van der Waals surface area contributed by atoms with Crippen molar-refractivity contribution in [3.05, 3.63) is 103 Å². The summed E-state index contributed by atoms with van der Waals surface area (Å²) >= 11 is 0. The van der Waals surface area contributed by atoms with Gasteiger partial charge >= 0.3 is 0 Å². The number of benzene rings is 3. The van der Waals surface area contributed by atoms with E-state index >= 15 is 0 Å². The molecule has 0 atom stereocenters. The summed E-state index contributed by atoms with van der Waals surface area (Å²) < 4.78 is 0. The van der Waals surface area contributed by atoms with Crippen molar-refractivity contribution in [1.82, 2.24) is 9.97 Å². The van der Waals surface area contributed by atoms with Gasteiger partial charge < -0.3 is 15.3 Å². The van der Waals surface area contributed by atoms with E-state index in [0.717, 1.165) is 6.54 Å². The Morgan fingerprint density at radius 1 is 0.556 bits per heavy atom. The molecule has 0 fully saturated rings. The second-order valence-electron chi connectivity index (χ2n) is 6.46. The van der Waals surface area contributed by atoms with E-state index in [-0.39, 0.29) is 0 Å². The van der Waals surface area contributed by atoms with Gasteiger partial charge in [-0.15, -0.1) is 0 Å². The van der Waals surface area contributed by atoms with Crippen LogP contribution in [-0.2, 0) is 6.42 Å². The molecule has 0 unspecified atom stereocenters. The summed E-state index contributed by atoms with van der Waals surface area (Å²) in [6, 6.07) is 29.0. The SMILES string of the molecule is c1ccc2[nH]ccc2c1.c1ccc2[nH]ccc2c1.c1ccc2c(c1)CCN2. The maximum atomic E-state index is 3.30. The molecule has 3 heterocycles. The number of rotatable bonds is 0. The molecule has 2 aromatic heterocycles. The number of fused-ring (bicyclic) bond motifs is 3. The van der Waals surface area contributed by atoms with Crippen LogP contribution in [0.1, 0.15) is 5.56 Å². The Hall–Kier alpha value is -3.46. The second kappa shape index (κ2) is 8.28. The summed E-state index contributed by atoms with van der Waals surface area (Å²) in [4.78, 5) is 6.24. The first kappa shape index (κ1) is 17.0. The van der Waals surface area contributed by atoms with E-state index in [4.69, 9.17) is 0 Å². The van der Waals surface area contributed by atoms with E-state index in [9.17, 15) is 0 Å². The number of H-pyrrole nitrogens is 2. The van der Waals surface area contributed by atoms with Gasteiger partial charge in [0.25, 0.3) is 0 Å². The highest BCUT2D eigenvalue weighted by Gasteiger charge is 2.05. The number of nitrogens with one attached hydrogen (secondary N) is 3. The third kappa shape index (κ3) is 4.21. The first-order valence-corrected chi connectivity index (χ1v) is 9.26. The van der Waals surface area contributed by atoms with Gasteiger partial charge in [0.2, 0.25) is 0 Å². The van der Waals surface area contributed by atoms with Crippen molar-refractivity contribution < 1.29 is 0 Å². The Balaban J connectivity index is 0.0000001000. The molecule has 1 aliphatic rings. The lowest BCUT2D eigenvalue weighted by atomic mass is 10.2. The minimum absolute atomic E-state index is 1.11. The molecule has 3 N–H and O–H groups in total. The smallest absolute Gasteiger partial charge is 0.0453 e. The summed E-state index contributed by atoms with van der Waals surface area (Å²) in [6.07, 6.45) is 5.09. The quantitative estimate of drug-likeness (QED) is 0.314. The average molecular weight is 353 g/mol. The molecule has 0 amide bonds. The molecule has 0 spiro atoms. The standard InChI is InChI=1S/C8H9N.2C8H7N/c3*1-2-4-8-7(3-1)5-6-9-8/h1-4,9H,5-6H2;2*1-6,9H. The first-order chi connectivity index (χ1) is 13.4. The van der Waals surface area contributed by atoms with Gasteiger partial charge in [-0.1, -0.05) is 54.6 Å². The van der Waals surface area contributed by atoms with Crippen LogP contribution in [0.4, 0.5) is 5.69 Å². The normalized spacial score (nSPS) is 11.7. The topological polar surface area (TPSA) is 43.6 Å². The van der Waals surface area contributed by atoms with Gasteiger partial charge in [0.05, 0.1) is 0 Å². The van der Waals surface area contributed by atoms with Crippen LogP contribution in [0, 0.1) is 0 Å². The molecule has 0 saturated heterocycles. The predicted molar refractivity (Wildman–Crippen MR) is 115 cm³/mol. The molecule has 1 aliphatic heterocycles. The Morgan fingerprint density at radius 3 is 1.70 bits per heavy atom. The number of hydrogen-bond acceptors (Lipinski definition) is 1. The fourth-order valence-electron chi connectivity index (χ4n) is 3.23. The highest BCUT2D eigenvalue weighted by molar-refractivity contribution is 5.79. The fraction of sp³-hybridized carbons (Fsp3) is 0.0833. The number of anilines is 1. The van der Waals surface area contributed by atoms with Crippen LogP contribution in [0.5, 0.6) is 0 Å². The largest absolute Gasteiger partial charge is 0.384 e. The van der Waals surface area contributed by atoms with E-state index in [1.807, 2.05) is 36.7 Å². The maximum Gasteiger partial charge on any atom is 0.0453 e. The molecular formula is C24H23N3. The van der Waals surface area contributed by atoms with Crippen molar-refractivity contribution in [3.8, 4) is 0 Å². The monoisotopic (exact) mass is 353 g/mol. The minimum Gasteiger partial charge on any atom is -0.384 e. The van der Waals surface area contributed by atoms with Gasteiger partial charge in [-0.2, -0.15) is 0 Å². The van der Waals surface area contributed by atoms with Crippen LogP contribution >= 0.6 is 0 Å². The third-order valence-electron chi connectivity index (χ3n) is 4.65. The van der Waals surface area contributed by atoms with Crippen LogP contribution in [0.25, 0.3) is 21.8 Å². The van der Waals surface area contributed by atoms with Gasteiger partial charge in [0.15, 0.2) is 0 Å². The average Bonchev–Trinajstić information content (AvgIpc) is 3.48. The summed E-state index contributed by atoms with van der Waals surface area (Å²) in [7, 11) is 0. The molecular weight excluding hydrogens is 330 g/mol. The van der Waals surface area contributed by atoms with Crippen molar-refractivity contribution in [1.29, 1.82) is 0 Å². The van der Waals surface area contributed by atoms with Gasteiger partial charge in [-0.3, -0.25) is 0 Å². The Morgan fingerprint density at radius 2 is 1.11 bits per heavy atom. The number of para-hydroxylation sites is 3. The molecule has 0 aliphatic carbocycles. The zero-order valence-corrected chi connectivity index (χ0v) is 15.2. The fourth-order valence-corrected chi connectivity index (χ4v) is 3.23. The van der Waals surface area contributed by atoms with Gasteiger partial charge in [0.1, 0.15) is 0 Å². The van der Waals surface area contributed by atoms with Gasteiger partial charge in [-0.05, 0) is 53.1 Å². The number of aromatic nitrogens is 2. The molecule has 0 radical (unpaired) electrons. The summed E-state index contributed by atoms with van der Waals surface area (Å²) in [5, 5.41) is 5.85. The highest BCUT2D eigenvalue weighted by atomic mass is 14.9. The van der Waals surface area contributed by atoms with Crippen molar-refractivity contribution in [2.24, 2.45) is 0 Å². The summed E-state index contributed by atoms with van der Waals surface area (Å²) in [5.74, 6) is 0. The molecule has 3 aromatic carbocycles. The maximum absolute atomic E-state index is 3.30. The molecule has 0 bridgehead atoms. The van der Waals surface area contributed by atoms with Crippen molar-refractivity contribution in [2.75, 3.05) is 11.9 Å². The zero-order chi connectivity index (χ0) is 18.3. The third-order valence-corrected chi connectivity index (χ3v) is 4.65. The van der Waals surface area contributed by atoms with E-state index in [0.29, 0.717) is 0 Å². The van der Waals surface area contributed by atoms with Crippen LogP contribution in [0.3, 0.4) is 0 Å².